The Labute approximate surface area is 183 Å². The van der Waals surface area contributed by atoms with Crippen LogP contribution in [0.1, 0.15) is 12.2 Å². The molecule has 7 nitrogen and oxygen atoms in total. The van der Waals surface area contributed by atoms with Gasteiger partial charge in [0.1, 0.15) is 22.1 Å². The van der Waals surface area contributed by atoms with E-state index in [0.29, 0.717) is 33.7 Å². The average molecular weight is 453 g/mol. The molecule has 0 atom stereocenters. The van der Waals surface area contributed by atoms with Crippen molar-refractivity contribution in [1.29, 1.82) is 0 Å². The molecule has 0 fully saturated rings. The monoisotopic (exact) mass is 452 g/mol. The molecular formula is C22H13ClN2O5S. The van der Waals surface area contributed by atoms with E-state index in [2.05, 4.69) is 10.1 Å². The van der Waals surface area contributed by atoms with Crippen LogP contribution in [-0.2, 0) is 11.2 Å². The van der Waals surface area contributed by atoms with E-state index in [1.54, 1.807) is 24.3 Å². The zero-order valence-corrected chi connectivity index (χ0v) is 17.4. The number of esters is 1. The summed E-state index contributed by atoms with van der Waals surface area (Å²) in [5, 5.41) is 5.09. The highest BCUT2D eigenvalue weighted by molar-refractivity contribution is 7.21. The number of ether oxygens (including phenoxy) is 1. The van der Waals surface area contributed by atoms with Gasteiger partial charge in [0.2, 0.25) is 0 Å². The van der Waals surface area contributed by atoms with Crippen molar-refractivity contribution in [3.63, 3.8) is 0 Å². The van der Waals surface area contributed by atoms with Crippen LogP contribution in [0.5, 0.6) is 5.75 Å². The molecular weight excluding hydrogens is 440 g/mol. The minimum Gasteiger partial charge on any atom is -0.426 e. The van der Waals surface area contributed by atoms with E-state index >= 15 is 0 Å². The molecule has 0 saturated heterocycles. The largest absolute Gasteiger partial charge is 0.426 e. The highest BCUT2D eigenvalue weighted by atomic mass is 35.5. The van der Waals surface area contributed by atoms with Gasteiger partial charge in [-0.05, 0) is 30.3 Å². The lowest BCUT2D eigenvalue weighted by atomic mass is 10.2. The zero-order valence-electron chi connectivity index (χ0n) is 15.8. The van der Waals surface area contributed by atoms with E-state index < -0.39 is 11.6 Å². The van der Waals surface area contributed by atoms with Gasteiger partial charge in [-0.25, -0.2) is 9.78 Å². The molecule has 31 heavy (non-hydrogen) atoms. The standard InChI is InChI=1S/C22H13ClN2O5S/c23-19-11-14(30-25-19)7-8-20(26)28-13-6-5-12-9-15(22(27)29-17(12)10-13)21-24-16-3-1-2-4-18(16)31-21/h1-6,9-11H,7-8H2. The summed E-state index contributed by atoms with van der Waals surface area (Å²) in [7, 11) is 0. The minimum atomic E-state index is -0.503. The van der Waals surface area contributed by atoms with E-state index in [9.17, 15) is 9.59 Å². The molecule has 0 bridgehead atoms. The molecule has 0 spiro atoms. The Kier molecular flexibility index (Phi) is 5.01. The lowest BCUT2D eigenvalue weighted by molar-refractivity contribution is -0.134. The van der Waals surface area contributed by atoms with Gasteiger partial charge in [0.05, 0.1) is 22.2 Å². The van der Waals surface area contributed by atoms with E-state index in [1.165, 1.54) is 17.4 Å². The van der Waals surface area contributed by atoms with Crippen molar-refractivity contribution < 1.29 is 18.5 Å². The molecule has 0 N–H and O–H groups in total. The van der Waals surface area contributed by atoms with Gasteiger partial charge in [0, 0.05) is 23.9 Å². The van der Waals surface area contributed by atoms with Crippen molar-refractivity contribution in [1.82, 2.24) is 10.1 Å². The van der Waals surface area contributed by atoms with Gasteiger partial charge in [-0.15, -0.1) is 11.3 Å². The third-order valence-corrected chi connectivity index (χ3v) is 5.82. The number of carbonyl (C=O) groups is 1. The summed E-state index contributed by atoms with van der Waals surface area (Å²) in [6, 6.07) is 15.9. The van der Waals surface area contributed by atoms with Gasteiger partial charge in [-0.2, -0.15) is 0 Å². The molecule has 0 aliphatic rings. The summed E-state index contributed by atoms with van der Waals surface area (Å²) in [5.74, 6) is 0.318. The number of fused-ring (bicyclic) bond motifs is 2. The van der Waals surface area contributed by atoms with Gasteiger partial charge >= 0.3 is 11.6 Å². The topological polar surface area (TPSA) is 95.4 Å². The summed E-state index contributed by atoms with van der Waals surface area (Å²) in [6.07, 6.45) is 0.400. The van der Waals surface area contributed by atoms with Crippen LogP contribution >= 0.6 is 22.9 Å². The molecule has 154 valence electrons. The summed E-state index contributed by atoms with van der Waals surface area (Å²) in [4.78, 5) is 29.2. The zero-order chi connectivity index (χ0) is 21.4. The number of para-hydroxylation sites is 1. The second kappa shape index (κ2) is 7.98. The van der Waals surface area contributed by atoms with Crippen molar-refractivity contribution in [2.45, 2.75) is 12.8 Å². The summed E-state index contributed by atoms with van der Waals surface area (Å²) in [5.41, 5.74) is 1.04. The van der Waals surface area contributed by atoms with E-state index in [0.717, 1.165) is 10.2 Å². The summed E-state index contributed by atoms with van der Waals surface area (Å²) < 4.78 is 16.8. The van der Waals surface area contributed by atoms with Crippen LogP contribution in [0, 0.1) is 0 Å². The molecule has 0 aliphatic heterocycles. The van der Waals surface area contributed by atoms with Crippen LogP contribution in [-0.4, -0.2) is 16.1 Å². The quantitative estimate of drug-likeness (QED) is 0.204. The lowest BCUT2D eigenvalue weighted by Crippen LogP contribution is -2.09. The average Bonchev–Trinajstić information content (AvgIpc) is 3.37. The maximum Gasteiger partial charge on any atom is 0.346 e. The first-order chi connectivity index (χ1) is 15.0. The Morgan fingerprint density at radius 3 is 2.81 bits per heavy atom. The fourth-order valence-electron chi connectivity index (χ4n) is 3.10. The highest BCUT2D eigenvalue weighted by Crippen LogP contribution is 2.30. The van der Waals surface area contributed by atoms with Gasteiger partial charge < -0.3 is 13.7 Å². The maximum absolute atomic E-state index is 12.6. The number of hydrogen-bond donors (Lipinski definition) is 0. The molecule has 0 amide bonds. The van der Waals surface area contributed by atoms with Crippen LogP contribution in [0.4, 0.5) is 0 Å². The van der Waals surface area contributed by atoms with Crippen LogP contribution < -0.4 is 10.4 Å². The molecule has 3 heterocycles. The first-order valence-electron chi connectivity index (χ1n) is 9.31. The molecule has 9 heteroatoms. The maximum atomic E-state index is 12.6. The van der Waals surface area contributed by atoms with Crippen molar-refractivity contribution in [3.05, 3.63) is 75.9 Å². The number of aromatic nitrogens is 2. The van der Waals surface area contributed by atoms with Gasteiger partial charge in [0.15, 0.2) is 5.15 Å². The Balaban J connectivity index is 1.37. The predicted molar refractivity (Wildman–Crippen MR) is 117 cm³/mol. The second-order valence-corrected chi connectivity index (χ2v) is 8.14. The molecule has 0 saturated carbocycles. The highest BCUT2D eigenvalue weighted by Gasteiger charge is 2.14. The molecule has 2 aromatic carbocycles. The smallest absolute Gasteiger partial charge is 0.346 e. The van der Waals surface area contributed by atoms with E-state index in [1.807, 2.05) is 24.3 Å². The van der Waals surface area contributed by atoms with Crippen LogP contribution in [0.15, 0.2) is 68.3 Å². The van der Waals surface area contributed by atoms with Gasteiger partial charge in [0.25, 0.3) is 0 Å². The third-order valence-electron chi connectivity index (χ3n) is 4.57. The number of rotatable bonds is 5. The number of aryl methyl sites for hydroxylation is 1. The number of thiazole rings is 1. The number of nitrogens with zero attached hydrogens (tertiary/aromatic N) is 2. The molecule has 0 unspecified atom stereocenters. The SMILES string of the molecule is O=C(CCc1cc(Cl)no1)Oc1ccc2cc(-c3nc4ccccc4s3)c(=O)oc2c1. The molecule has 0 radical (unpaired) electrons. The minimum absolute atomic E-state index is 0.0874. The van der Waals surface area contributed by atoms with E-state index in [4.69, 9.17) is 25.3 Å². The van der Waals surface area contributed by atoms with Crippen LogP contribution in [0.3, 0.4) is 0 Å². The summed E-state index contributed by atoms with van der Waals surface area (Å²) >= 11 is 7.11. The number of hydrogen-bond acceptors (Lipinski definition) is 8. The van der Waals surface area contributed by atoms with Crippen LogP contribution in [0.25, 0.3) is 31.8 Å². The molecule has 3 aromatic heterocycles. The number of halogens is 1. The fraction of sp³-hybridized carbons (Fsp3) is 0.0909. The van der Waals surface area contributed by atoms with Crippen molar-refractivity contribution >= 4 is 50.1 Å². The second-order valence-electron chi connectivity index (χ2n) is 6.72. The molecule has 0 aliphatic carbocycles. The van der Waals surface area contributed by atoms with Crippen LogP contribution in [0.2, 0.25) is 5.15 Å². The Morgan fingerprint density at radius 2 is 2.00 bits per heavy atom. The molecule has 5 rings (SSSR count). The van der Waals surface area contributed by atoms with Crippen molar-refractivity contribution in [3.8, 4) is 16.3 Å². The Hall–Kier alpha value is -3.49. The van der Waals surface area contributed by atoms with Gasteiger partial charge in [-0.1, -0.05) is 28.9 Å². The predicted octanol–water partition coefficient (Wildman–Crippen LogP) is 5.25. The third kappa shape index (κ3) is 4.08. The van der Waals surface area contributed by atoms with Crippen molar-refractivity contribution in [2.24, 2.45) is 0 Å². The number of benzene rings is 2. The van der Waals surface area contributed by atoms with Gasteiger partial charge in [-0.3, -0.25) is 4.79 Å². The summed E-state index contributed by atoms with van der Waals surface area (Å²) in [6.45, 7) is 0. The first kappa shape index (κ1) is 19.5. The van der Waals surface area contributed by atoms with Crippen molar-refractivity contribution in [2.75, 3.05) is 0 Å². The first-order valence-corrected chi connectivity index (χ1v) is 10.5. The molecule has 5 aromatic rings. The lowest BCUT2D eigenvalue weighted by Gasteiger charge is -2.05. The van der Waals surface area contributed by atoms with E-state index in [-0.39, 0.29) is 17.3 Å². The fourth-order valence-corrected chi connectivity index (χ4v) is 4.23. The normalized spacial score (nSPS) is 11.3. The number of carbonyl (C=O) groups excluding carboxylic acids is 1. The Morgan fingerprint density at radius 1 is 1.13 bits per heavy atom. The Bertz CT molecular complexity index is 1450.